The van der Waals surface area contributed by atoms with Gasteiger partial charge < -0.3 is 19.7 Å². The van der Waals surface area contributed by atoms with Crippen LogP contribution in [0.1, 0.15) is 31.7 Å². The lowest BCUT2D eigenvalue weighted by Crippen LogP contribution is -2.48. The summed E-state index contributed by atoms with van der Waals surface area (Å²) in [5.41, 5.74) is -0.524. The fourth-order valence-corrected chi connectivity index (χ4v) is 5.24. The van der Waals surface area contributed by atoms with Crippen molar-refractivity contribution in [3.8, 4) is 0 Å². The van der Waals surface area contributed by atoms with Crippen molar-refractivity contribution in [1.82, 2.24) is 20.1 Å². The fraction of sp³-hybridized carbons (Fsp3) is 0.565. The van der Waals surface area contributed by atoms with Crippen LogP contribution in [0, 0.1) is 11.6 Å². The van der Waals surface area contributed by atoms with Gasteiger partial charge in [0.2, 0.25) is 0 Å². The number of aromatic nitrogens is 1. The first-order valence-corrected chi connectivity index (χ1v) is 11.3. The fourth-order valence-electron chi connectivity index (χ4n) is 5.24. The van der Waals surface area contributed by atoms with Gasteiger partial charge >= 0.3 is 0 Å². The summed E-state index contributed by atoms with van der Waals surface area (Å²) in [5.74, 6) is -1.08. The average molecular weight is 434 g/mol. The number of piperidine rings is 2. The van der Waals surface area contributed by atoms with Gasteiger partial charge in [0.1, 0.15) is 11.4 Å². The molecule has 0 bridgehead atoms. The van der Waals surface area contributed by atoms with E-state index < -0.39 is 17.3 Å². The maximum atomic E-state index is 15.2. The van der Waals surface area contributed by atoms with Crippen LogP contribution in [0.4, 0.5) is 18.9 Å². The second-order valence-corrected chi connectivity index (χ2v) is 9.05. The Labute approximate surface area is 180 Å². The van der Waals surface area contributed by atoms with Gasteiger partial charge in [-0.1, -0.05) is 6.08 Å². The van der Waals surface area contributed by atoms with E-state index in [0.717, 1.165) is 39.0 Å². The molecular weight excluding hydrogens is 403 g/mol. The van der Waals surface area contributed by atoms with E-state index in [9.17, 15) is 4.39 Å². The predicted octanol–water partition coefficient (Wildman–Crippen LogP) is 3.53. The van der Waals surface area contributed by atoms with E-state index in [1.807, 2.05) is 16.8 Å². The topological polar surface area (TPSA) is 35.5 Å². The molecule has 0 saturated carbocycles. The van der Waals surface area contributed by atoms with E-state index in [0.29, 0.717) is 43.5 Å². The van der Waals surface area contributed by atoms with Crippen molar-refractivity contribution in [3.63, 3.8) is 0 Å². The normalized spacial score (nSPS) is 23.0. The molecule has 0 radical (unpaired) electrons. The molecule has 1 aromatic heterocycles. The minimum absolute atomic E-state index is 0.0151. The Morgan fingerprint density at radius 2 is 1.87 bits per heavy atom. The van der Waals surface area contributed by atoms with Crippen molar-refractivity contribution in [2.75, 3.05) is 50.8 Å². The number of benzene rings is 1. The molecule has 0 amide bonds. The third-order valence-corrected chi connectivity index (χ3v) is 6.96. The summed E-state index contributed by atoms with van der Waals surface area (Å²) in [7, 11) is 0. The average Bonchev–Trinajstić information content (AvgIpc) is 3.19. The molecule has 2 saturated heterocycles. The van der Waals surface area contributed by atoms with Crippen molar-refractivity contribution in [2.24, 2.45) is 0 Å². The number of hydrogen-bond donors (Lipinski definition) is 2. The first-order chi connectivity index (χ1) is 15.0. The van der Waals surface area contributed by atoms with Crippen LogP contribution in [0.5, 0.6) is 0 Å². The minimum atomic E-state index is -1.10. The molecule has 0 atom stereocenters. The monoisotopic (exact) mass is 433 g/mol. The van der Waals surface area contributed by atoms with Gasteiger partial charge in [-0.15, -0.1) is 0 Å². The second-order valence-electron chi connectivity index (χ2n) is 9.05. The third-order valence-electron chi connectivity index (χ3n) is 6.96. The molecule has 0 spiro atoms. The summed E-state index contributed by atoms with van der Waals surface area (Å²) in [6, 6.07) is 3.36. The minimum Gasteiger partial charge on any atom is -0.344 e. The smallest absolute Gasteiger partial charge is 0.159 e. The van der Waals surface area contributed by atoms with E-state index in [1.54, 1.807) is 17.2 Å². The molecule has 3 aliphatic rings. The number of rotatable bonds is 4. The zero-order valence-corrected chi connectivity index (χ0v) is 17.7. The van der Waals surface area contributed by atoms with Crippen LogP contribution in [0.2, 0.25) is 0 Å². The quantitative estimate of drug-likeness (QED) is 0.774. The molecular formula is C23H30F3N5. The lowest BCUT2D eigenvalue weighted by atomic mass is 9.92. The zero-order chi connectivity index (χ0) is 21.4. The van der Waals surface area contributed by atoms with Gasteiger partial charge in [-0.05, 0) is 44.8 Å². The van der Waals surface area contributed by atoms with Gasteiger partial charge in [0.25, 0.3) is 0 Å². The number of nitrogens with zero attached hydrogens (tertiary/aromatic N) is 3. The van der Waals surface area contributed by atoms with Gasteiger partial charge in [-0.3, -0.25) is 5.32 Å². The Balaban J connectivity index is 1.32. The van der Waals surface area contributed by atoms with Gasteiger partial charge in [0.05, 0.1) is 12.2 Å². The third kappa shape index (κ3) is 4.08. The molecule has 5 nitrogen and oxygen atoms in total. The lowest BCUT2D eigenvalue weighted by molar-refractivity contribution is 0.0472. The molecule has 31 heavy (non-hydrogen) atoms. The summed E-state index contributed by atoms with van der Waals surface area (Å²) in [6.07, 6.45) is 8.26. The number of alkyl halides is 1. The molecule has 2 N–H and O–H groups in total. The van der Waals surface area contributed by atoms with Crippen molar-refractivity contribution in [2.45, 2.75) is 37.4 Å². The molecule has 2 fully saturated rings. The Bertz CT molecular complexity index is 958. The van der Waals surface area contributed by atoms with Crippen LogP contribution in [-0.4, -0.2) is 61.1 Å². The highest BCUT2D eigenvalue weighted by Crippen LogP contribution is 2.35. The van der Waals surface area contributed by atoms with Crippen LogP contribution >= 0.6 is 0 Å². The zero-order valence-electron chi connectivity index (χ0n) is 17.7. The Kier molecular flexibility index (Phi) is 5.71. The van der Waals surface area contributed by atoms with Gasteiger partial charge in [-0.2, -0.15) is 0 Å². The number of halogens is 3. The Morgan fingerprint density at radius 3 is 2.58 bits per heavy atom. The van der Waals surface area contributed by atoms with E-state index in [1.165, 1.54) is 6.07 Å². The van der Waals surface area contributed by atoms with Crippen LogP contribution in [0.25, 0.3) is 10.9 Å². The number of likely N-dealkylation sites (tertiary alicyclic amines) is 1. The number of nitrogens with one attached hydrogen (secondary N) is 2. The van der Waals surface area contributed by atoms with Gasteiger partial charge in [0, 0.05) is 56.1 Å². The molecule has 5 rings (SSSR count). The SMILES string of the molecule is Fc1cc2c(ccn2C2CCN(CC3(F)CCNCC3)CC2)c(F)c1N1C=CCNC1. The number of fused-ring (bicyclic) bond motifs is 1. The molecule has 1 aromatic carbocycles. The summed E-state index contributed by atoms with van der Waals surface area (Å²) in [6.45, 7) is 4.64. The van der Waals surface area contributed by atoms with Crippen molar-refractivity contribution in [1.29, 1.82) is 0 Å². The molecule has 0 aliphatic carbocycles. The van der Waals surface area contributed by atoms with Crippen molar-refractivity contribution >= 4 is 16.6 Å². The maximum absolute atomic E-state index is 15.2. The van der Waals surface area contributed by atoms with E-state index in [4.69, 9.17) is 0 Å². The van der Waals surface area contributed by atoms with Crippen LogP contribution < -0.4 is 15.5 Å². The number of anilines is 1. The molecule has 4 heterocycles. The van der Waals surface area contributed by atoms with Crippen LogP contribution in [0.3, 0.4) is 0 Å². The molecule has 8 heteroatoms. The largest absolute Gasteiger partial charge is 0.344 e. The molecule has 2 aromatic rings. The summed E-state index contributed by atoms with van der Waals surface area (Å²) < 4.78 is 47.2. The molecule has 0 unspecified atom stereocenters. The summed E-state index contributed by atoms with van der Waals surface area (Å²) in [4.78, 5) is 3.78. The Morgan fingerprint density at radius 1 is 1.10 bits per heavy atom. The van der Waals surface area contributed by atoms with Crippen molar-refractivity contribution in [3.05, 3.63) is 42.2 Å². The van der Waals surface area contributed by atoms with Crippen molar-refractivity contribution < 1.29 is 13.2 Å². The Hall–Kier alpha value is -2.03. The van der Waals surface area contributed by atoms with Crippen LogP contribution in [0.15, 0.2) is 30.6 Å². The maximum Gasteiger partial charge on any atom is 0.159 e. The standard InChI is InChI=1S/C23H30F3N5/c24-19-14-20-18(21(25)22(19)30-10-1-7-28-16-30)4-13-31(20)17-2-11-29(12-3-17)15-23(26)5-8-27-9-6-23/h1,4,10,13-14,17,27-28H,2-3,5-9,11-12,15-16H2. The predicted molar refractivity (Wildman–Crippen MR) is 117 cm³/mol. The van der Waals surface area contributed by atoms with E-state index >= 15 is 8.78 Å². The van der Waals surface area contributed by atoms with Gasteiger partial charge in [0.15, 0.2) is 11.6 Å². The first-order valence-electron chi connectivity index (χ1n) is 11.3. The van der Waals surface area contributed by atoms with E-state index in [2.05, 4.69) is 15.5 Å². The highest BCUT2D eigenvalue weighted by Gasteiger charge is 2.35. The molecule has 168 valence electrons. The highest BCUT2D eigenvalue weighted by atomic mass is 19.1. The van der Waals surface area contributed by atoms with Crippen LogP contribution in [-0.2, 0) is 0 Å². The lowest BCUT2D eigenvalue weighted by Gasteiger charge is -2.39. The first kappa shape index (κ1) is 20.8. The van der Waals surface area contributed by atoms with Gasteiger partial charge in [-0.25, -0.2) is 13.2 Å². The summed E-state index contributed by atoms with van der Waals surface area (Å²) in [5, 5.41) is 6.75. The number of hydrogen-bond acceptors (Lipinski definition) is 4. The highest BCUT2D eigenvalue weighted by molar-refractivity contribution is 5.85. The summed E-state index contributed by atoms with van der Waals surface area (Å²) >= 11 is 0. The molecule has 3 aliphatic heterocycles. The second kappa shape index (κ2) is 8.48. The van der Waals surface area contributed by atoms with E-state index in [-0.39, 0.29) is 11.7 Å².